The van der Waals surface area contributed by atoms with Gasteiger partial charge >= 0.3 is 12.3 Å². The molecule has 1 aromatic carbocycles. The minimum Gasteiger partial charge on any atom is -0.445 e. The van der Waals surface area contributed by atoms with Gasteiger partial charge in [-0.3, -0.25) is 4.98 Å². The molecule has 0 aliphatic heterocycles. The van der Waals surface area contributed by atoms with Gasteiger partial charge in [0.15, 0.2) is 6.04 Å². The van der Waals surface area contributed by atoms with Crippen molar-refractivity contribution in [3.05, 3.63) is 64.4 Å². The number of hydrogen-bond acceptors (Lipinski definition) is 3. The molecule has 0 aliphatic carbocycles. The molecule has 0 spiro atoms. The van der Waals surface area contributed by atoms with Crippen LogP contribution in [0.15, 0.2) is 53.1 Å². The van der Waals surface area contributed by atoms with Gasteiger partial charge in [0.2, 0.25) is 0 Å². The summed E-state index contributed by atoms with van der Waals surface area (Å²) in [5.41, 5.74) is 0.352. The largest absolute Gasteiger partial charge is 0.445 e. The number of carbonyl (C=O) groups is 1. The first-order valence-corrected chi connectivity index (χ1v) is 7.31. The van der Waals surface area contributed by atoms with Crippen molar-refractivity contribution in [1.82, 2.24) is 10.3 Å². The van der Waals surface area contributed by atoms with Crippen LogP contribution in [0.3, 0.4) is 0 Å². The number of nitrogens with zero attached hydrogens (tertiary/aromatic N) is 1. The number of carbonyl (C=O) groups excluding carboxylic acids is 1. The summed E-state index contributed by atoms with van der Waals surface area (Å²) in [4.78, 5) is 15.3. The Balaban J connectivity index is 2.03. The molecule has 1 amide bonds. The Hall–Kier alpha value is -2.09. The van der Waals surface area contributed by atoms with E-state index in [1.807, 2.05) is 0 Å². The zero-order valence-electron chi connectivity index (χ0n) is 11.7. The number of aromatic nitrogens is 1. The van der Waals surface area contributed by atoms with Crippen molar-refractivity contribution < 1.29 is 22.7 Å². The lowest BCUT2D eigenvalue weighted by atomic mass is 10.2. The third kappa shape index (κ3) is 5.24. The van der Waals surface area contributed by atoms with Gasteiger partial charge in [-0.2, -0.15) is 13.2 Å². The van der Waals surface area contributed by atoms with E-state index in [1.165, 1.54) is 18.3 Å². The van der Waals surface area contributed by atoms with Crippen molar-refractivity contribution in [1.29, 1.82) is 0 Å². The maximum atomic E-state index is 13.1. The van der Waals surface area contributed by atoms with Crippen LogP contribution in [0, 0.1) is 0 Å². The SMILES string of the molecule is O=C(NC(c1ccc(Br)cn1)C(F)(F)F)OCc1ccccc1. The molecule has 1 aromatic heterocycles. The predicted octanol–water partition coefficient (Wildman–Crippen LogP) is 4.37. The molecular formula is C15H12BrF3N2O2. The summed E-state index contributed by atoms with van der Waals surface area (Å²) in [7, 11) is 0. The fourth-order valence-corrected chi connectivity index (χ4v) is 2.00. The van der Waals surface area contributed by atoms with Crippen molar-refractivity contribution in [3.63, 3.8) is 0 Å². The molecule has 0 saturated carbocycles. The number of hydrogen-bond donors (Lipinski definition) is 1. The second-order valence-corrected chi connectivity index (χ2v) is 5.50. The van der Waals surface area contributed by atoms with E-state index in [4.69, 9.17) is 4.74 Å². The Bertz CT molecular complexity index is 648. The van der Waals surface area contributed by atoms with Crippen LogP contribution < -0.4 is 5.32 Å². The van der Waals surface area contributed by atoms with Gasteiger partial charge in [0.1, 0.15) is 6.61 Å². The van der Waals surface area contributed by atoms with Crippen LogP contribution in [0.25, 0.3) is 0 Å². The van der Waals surface area contributed by atoms with Crippen LogP contribution in [0.2, 0.25) is 0 Å². The first-order valence-electron chi connectivity index (χ1n) is 6.51. The first-order chi connectivity index (χ1) is 10.9. The van der Waals surface area contributed by atoms with Crippen LogP contribution in [-0.2, 0) is 11.3 Å². The van der Waals surface area contributed by atoms with Crippen molar-refractivity contribution in [2.45, 2.75) is 18.8 Å². The summed E-state index contributed by atoms with van der Waals surface area (Å²) in [6.07, 6.45) is -4.63. The van der Waals surface area contributed by atoms with Gasteiger partial charge in [-0.15, -0.1) is 0 Å². The summed E-state index contributed by atoms with van der Waals surface area (Å²) in [5.74, 6) is 0. The average molecular weight is 389 g/mol. The minimum absolute atomic E-state index is 0.120. The van der Waals surface area contributed by atoms with Crippen LogP contribution in [-0.4, -0.2) is 17.3 Å². The fraction of sp³-hybridized carbons (Fsp3) is 0.200. The number of rotatable bonds is 4. The second kappa shape index (κ2) is 7.45. The summed E-state index contributed by atoms with van der Waals surface area (Å²) in [6.45, 7) is -0.120. The lowest BCUT2D eigenvalue weighted by Gasteiger charge is -2.21. The molecule has 122 valence electrons. The maximum absolute atomic E-state index is 13.1. The molecule has 8 heteroatoms. The molecular weight excluding hydrogens is 377 g/mol. The fourth-order valence-electron chi connectivity index (χ4n) is 1.76. The van der Waals surface area contributed by atoms with E-state index >= 15 is 0 Å². The molecule has 4 nitrogen and oxygen atoms in total. The Morgan fingerprint density at radius 3 is 2.48 bits per heavy atom. The van der Waals surface area contributed by atoms with Crippen LogP contribution in [0.5, 0.6) is 0 Å². The number of benzene rings is 1. The second-order valence-electron chi connectivity index (χ2n) is 4.58. The molecule has 23 heavy (non-hydrogen) atoms. The van der Waals surface area contributed by atoms with E-state index in [1.54, 1.807) is 35.6 Å². The van der Waals surface area contributed by atoms with Gasteiger partial charge in [0, 0.05) is 10.7 Å². The topological polar surface area (TPSA) is 51.2 Å². The summed E-state index contributed by atoms with van der Waals surface area (Å²) < 4.78 is 44.7. The van der Waals surface area contributed by atoms with E-state index < -0.39 is 18.3 Å². The summed E-state index contributed by atoms with van der Waals surface area (Å²) in [6, 6.07) is 9.01. The quantitative estimate of drug-likeness (QED) is 0.845. The molecule has 2 aromatic rings. The predicted molar refractivity (Wildman–Crippen MR) is 80.5 cm³/mol. The minimum atomic E-state index is -4.69. The smallest absolute Gasteiger partial charge is 0.414 e. The van der Waals surface area contributed by atoms with Crippen molar-refractivity contribution in [2.24, 2.45) is 0 Å². The van der Waals surface area contributed by atoms with E-state index in [2.05, 4.69) is 20.9 Å². The zero-order chi connectivity index (χ0) is 16.9. The normalized spacial score (nSPS) is 12.5. The van der Waals surface area contributed by atoms with E-state index in [-0.39, 0.29) is 12.3 Å². The van der Waals surface area contributed by atoms with Crippen molar-refractivity contribution in [3.8, 4) is 0 Å². The van der Waals surface area contributed by atoms with Gasteiger partial charge < -0.3 is 10.1 Å². The molecule has 0 saturated heterocycles. The van der Waals surface area contributed by atoms with Gasteiger partial charge in [-0.05, 0) is 33.6 Å². The van der Waals surface area contributed by atoms with E-state index in [0.717, 1.165) is 0 Å². The Morgan fingerprint density at radius 2 is 1.91 bits per heavy atom. The van der Waals surface area contributed by atoms with Gasteiger partial charge in [-0.25, -0.2) is 4.79 Å². The third-order valence-corrected chi connectivity index (χ3v) is 3.32. The van der Waals surface area contributed by atoms with Crippen molar-refractivity contribution >= 4 is 22.0 Å². The summed E-state index contributed by atoms with van der Waals surface area (Å²) in [5, 5.41) is 1.80. The van der Waals surface area contributed by atoms with E-state index in [0.29, 0.717) is 10.0 Å². The third-order valence-electron chi connectivity index (χ3n) is 2.85. The maximum Gasteiger partial charge on any atom is 0.414 e. The van der Waals surface area contributed by atoms with Crippen molar-refractivity contribution in [2.75, 3.05) is 0 Å². The number of alkyl carbamates (subject to hydrolysis) is 1. The van der Waals surface area contributed by atoms with Gasteiger partial charge in [-0.1, -0.05) is 30.3 Å². The number of alkyl halides is 3. The molecule has 2 rings (SSSR count). The Morgan fingerprint density at radius 1 is 1.22 bits per heavy atom. The standard InChI is InChI=1S/C15H12BrF3N2O2/c16-11-6-7-12(20-8-11)13(15(17,18)19)21-14(22)23-9-10-4-2-1-3-5-10/h1-8,13H,9H2,(H,21,22). The number of nitrogens with one attached hydrogen (secondary N) is 1. The molecule has 1 atom stereocenters. The lowest BCUT2D eigenvalue weighted by molar-refractivity contribution is -0.157. The number of pyridine rings is 1. The first kappa shape index (κ1) is 17.3. The molecule has 1 heterocycles. The Labute approximate surface area is 138 Å². The number of amides is 1. The molecule has 0 aliphatic rings. The molecule has 1 N–H and O–H groups in total. The molecule has 0 fully saturated rings. The summed E-state index contributed by atoms with van der Waals surface area (Å²) >= 11 is 3.09. The lowest BCUT2D eigenvalue weighted by Crippen LogP contribution is -2.38. The van der Waals surface area contributed by atoms with Gasteiger partial charge in [0.25, 0.3) is 0 Å². The Kier molecular flexibility index (Phi) is 5.59. The molecule has 1 unspecified atom stereocenters. The van der Waals surface area contributed by atoms with Gasteiger partial charge in [0.05, 0.1) is 5.69 Å². The molecule has 0 bridgehead atoms. The number of ether oxygens (including phenoxy) is 1. The molecule has 0 radical (unpaired) electrons. The van der Waals surface area contributed by atoms with Crippen LogP contribution in [0.1, 0.15) is 17.3 Å². The highest BCUT2D eigenvalue weighted by atomic mass is 79.9. The highest BCUT2D eigenvalue weighted by Gasteiger charge is 2.43. The average Bonchev–Trinajstić information content (AvgIpc) is 2.52. The highest BCUT2D eigenvalue weighted by Crippen LogP contribution is 2.32. The van der Waals surface area contributed by atoms with Crippen LogP contribution >= 0.6 is 15.9 Å². The monoisotopic (exact) mass is 388 g/mol. The van der Waals surface area contributed by atoms with Crippen LogP contribution in [0.4, 0.5) is 18.0 Å². The highest BCUT2D eigenvalue weighted by molar-refractivity contribution is 9.10. The number of halogens is 4. The van der Waals surface area contributed by atoms with E-state index in [9.17, 15) is 18.0 Å². The zero-order valence-corrected chi connectivity index (χ0v) is 13.3.